The van der Waals surface area contributed by atoms with Gasteiger partial charge in [-0.2, -0.15) is 0 Å². The highest BCUT2D eigenvalue weighted by Gasteiger charge is 2.73. The third kappa shape index (κ3) is 8.85. The Morgan fingerprint density at radius 3 is 2.08 bits per heavy atom. The number of allylic oxidation sites excluding steroid dienone is 2. The van der Waals surface area contributed by atoms with E-state index in [1.54, 1.807) is 0 Å². The largest absolute Gasteiger partial charge is 0.394 e. The van der Waals surface area contributed by atoms with Gasteiger partial charge in [-0.3, -0.25) is 4.79 Å². The summed E-state index contributed by atoms with van der Waals surface area (Å²) in [6.45, 7) is 14.8. The van der Waals surface area contributed by atoms with Gasteiger partial charge in [0.15, 0.2) is 18.9 Å². The first-order valence-corrected chi connectivity index (χ1v) is 23.7. The van der Waals surface area contributed by atoms with Gasteiger partial charge < -0.3 is 84.6 Å². The van der Waals surface area contributed by atoms with Crippen LogP contribution in [0.3, 0.4) is 0 Å². The molecule has 4 saturated carbocycles. The zero-order valence-corrected chi connectivity index (χ0v) is 39.2. The molecule has 7 fully saturated rings. The second-order valence-corrected chi connectivity index (χ2v) is 22.5. The van der Waals surface area contributed by atoms with Crippen LogP contribution >= 0.6 is 0 Å². The van der Waals surface area contributed by atoms with Gasteiger partial charge in [0.25, 0.3) is 0 Å². The molecular formula is C47H78O18. The maximum Gasteiger partial charge on any atom is 0.187 e. The summed E-state index contributed by atoms with van der Waals surface area (Å²) in [5, 5.41) is 120. The van der Waals surface area contributed by atoms with Gasteiger partial charge in [-0.25, -0.2) is 0 Å². The van der Waals surface area contributed by atoms with Gasteiger partial charge in [0.1, 0.15) is 72.9 Å². The molecule has 0 spiro atoms. The molecule has 18 nitrogen and oxygen atoms in total. The summed E-state index contributed by atoms with van der Waals surface area (Å²) in [6, 6.07) is 0. The molecule has 24 atom stereocenters. The van der Waals surface area contributed by atoms with Crippen molar-refractivity contribution < 1.29 is 89.4 Å². The Kier molecular flexibility index (Phi) is 14.9. The molecule has 65 heavy (non-hydrogen) atoms. The van der Waals surface area contributed by atoms with Crippen LogP contribution in [-0.2, 0) is 33.2 Å². The van der Waals surface area contributed by atoms with Crippen molar-refractivity contribution >= 4 is 5.78 Å². The van der Waals surface area contributed by atoms with Gasteiger partial charge in [0, 0.05) is 17.8 Å². The summed E-state index contributed by atoms with van der Waals surface area (Å²) in [7, 11) is 0. The number of carbonyl (C=O) groups is 1. The highest BCUT2D eigenvalue weighted by atomic mass is 16.8. The Morgan fingerprint density at radius 2 is 1.42 bits per heavy atom. The summed E-state index contributed by atoms with van der Waals surface area (Å²) in [5.74, 6) is -0.883. The molecule has 24 unspecified atom stereocenters. The molecule has 3 heterocycles. The average molecular weight is 931 g/mol. The maximum absolute atomic E-state index is 15.1. The van der Waals surface area contributed by atoms with Crippen molar-refractivity contribution in [3.8, 4) is 0 Å². The molecule has 374 valence electrons. The number of aliphatic hydroxyl groups excluding tert-OH is 10. The van der Waals surface area contributed by atoms with Crippen LogP contribution in [0.2, 0.25) is 0 Å². The molecule has 18 heteroatoms. The van der Waals surface area contributed by atoms with Gasteiger partial charge in [-0.1, -0.05) is 46.3 Å². The van der Waals surface area contributed by atoms with E-state index in [1.807, 2.05) is 34.6 Å². The predicted octanol–water partition coefficient (Wildman–Crippen LogP) is -0.209. The number of hydrogen-bond acceptors (Lipinski definition) is 18. The minimum absolute atomic E-state index is 0.0627. The van der Waals surface area contributed by atoms with Gasteiger partial charge in [-0.05, 0) is 99.7 Å². The van der Waals surface area contributed by atoms with Gasteiger partial charge in [0.05, 0.1) is 37.6 Å². The van der Waals surface area contributed by atoms with Crippen molar-refractivity contribution in [3.63, 3.8) is 0 Å². The van der Waals surface area contributed by atoms with Gasteiger partial charge in [0.2, 0.25) is 0 Å². The Labute approximate surface area is 381 Å². The lowest BCUT2D eigenvalue weighted by molar-refractivity contribution is -0.381. The van der Waals surface area contributed by atoms with Crippen molar-refractivity contribution in [1.82, 2.24) is 0 Å². The van der Waals surface area contributed by atoms with E-state index in [-0.39, 0.29) is 36.6 Å². The molecule has 0 aromatic heterocycles. The Bertz CT molecular complexity index is 1710. The third-order valence-electron chi connectivity index (χ3n) is 17.9. The van der Waals surface area contributed by atoms with E-state index in [0.717, 1.165) is 19.3 Å². The number of hydrogen-bond donors (Lipinski definition) is 11. The number of carbonyl (C=O) groups excluding carboxylic acids is 1. The second-order valence-electron chi connectivity index (χ2n) is 22.5. The first kappa shape index (κ1) is 51.6. The summed E-state index contributed by atoms with van der Waals surface area (Å²) in [4.78, 5) is 15.1. The number of rotatable bonds is 12. The molecule has 7 aliphatic rings. The lowest BCUT2D eigenvalue weighted by Gasteiger charge is -2.70. The van der Waals surface area contributed by atoms with Crippen LogP contribution in [0.25, 0.3) is 0 Å². The lowest BCUT2D eigenvalue weighted by atomic mass is 9.34. The SMILES string of the molecule is CC(C)=CCCC(C)(O)C1CCC2(C)C1C(O)CC1C3(C)CCC(OC4OC(COC5OCC(O)C(O)C5O)C(O)C(O)C4OC4OC(CO)C(O)C(O)C4O)C(C)(C)C3C(=O)CC12C. The monoisotopic (exact) mass is 931 g/mol. The molecule has 3 aliphatic heterocycles. The predicted molar refractivity (Wildman–Crippen MR) is 228 cm³/mol. The minimum Gasteiger partial charge on any atom is -0.394 e. The van der Waals surface area contributed by atoms with Gasteiger partial charge in [-0.15, -0.1) is 0 Å². The average Bonchev–Trinajstić information content (AvgIpc) is 3.62. The summed E-state index contributed by atoms with van der Waals surface area (Å²) >= 11 is 0. The number of Topliss-reactive ketones (excluding diaryl/α,β-unsaturated/α-hetero) is 1. The molecule has 0 aromatic carbocycles. The van der Waals surface area contributed by atoms with Crippen molar-refractivity contribution in [2.75, 3.05) is 19.8 Å². The zero-order valence-electron chi connectivity index (χ0n) is 39.2. The maximum atomic E-state index is 15.1. The van der Waals surface area contributed by atoms with E-state index >= 15 is 4.79 Å². The van der Waals surface area contributed by atoms with E-state index < -0.39 is 145 Å². The topological polar surface area (TPSA) is 295 Å². The molecule has 3 saturated heterocycles. The molecule has 11 N–H and O–H groups in total. The van der Waals surface area contributed by atoms with Crippen molar-refractivity contribution in [2.45, 2.75) is 211 Å². The first-order valence-electron chi connectivity index (χ1n) is 23.7. The minimum atomic E-state index is -1.87. The normalized spacial score (nSPS) is 51.9. The Hall–Kier alpha value is -1.27. The molecule has 0 bridgehead atoms. The van der Waals surface area contributed by atoms with E-state index in [4.69, 9.17) is 28.4 Å². The van der Waals surface area contributed by atoms with Crippen molar-refractivity contribution in [1.29, 1.82) is 0 Å². The zero-order chi connectivity index (χ0) is 47.9. The van der Waals surface area contributed by atoms with E-state index in [1.165, 1.54) is 5.57 Å². The van der Waals surface area contributed by atoms with Crippen LogP contribution in [-0.4, -0.2) is 186 Å². The first-order chi connectivity index (χ1) is 30.2. The van der Waals surface area contributed by atoms with Crippen molar-refractivity contribution in [2.24, 2.45) is 45.3 Å². The Morgan fingerprint density at radius 1 is 0.769 bits per heavy atom. The standard InChI is InChI=1S/C47H78O18/c1-21(2)10-9-13-47(8,59)22-11-15-45(6)30(22)23(49)16-28-44(5)14-12-29(43(3,4)39(44)24(50)17-46(28,45)7)64-42-38(65-41-37(58)34(55)32(53)26(18-48)62-41)35(56)33(54)27(63-42)20-61-40-36(57)31(52)25(51)19-60-40/h10,22-23,25-42,48-49,51-59H,9,11-20H2,1-8H3. The van der Waals surface area contributed by atoms with Crippen LogP contribution in [0.1, 0.15) is 107 Å². The molecular weight excluding hydrogens is 852 g/mol. The molecule has 0 aromatic rings. The lowest BCUT2D eigenvalue weighted by Crippen LogP contribution is -2.69. The van der Waals surface area contributed by atoms with Crippen molar-refractivity contribution in [3.05, 3.63) is 11.6 Å². The summed E-state index contributed by atoms with van der Waals surface area (Å²) in [5.41, 5.74) is -2.22. The highest BCUT2D eigenvalue weighted by Crippen LogP contribution is 2.75. The summed E-state index contributed by atoms with van der Waals surface area (Å²) < 4.78 is 35.8. The molecule has 0 amide bonds. The van der Waals surface area contributed by atoms with Gasteiger partial charge >= 0.3 is 0 Å². The molecule has 0 radical (unpaired) electrons. The van der Waals surface area contributed by atoms with E-state index in [2.05, 4.69) is 26.8 Å². The van der Waals surface area contributed by atoms with Crippen LogP contribution in [0.5, 0.6) is 0 Å². The quantitative estimate of drug-likeness (QED) is 0.0892. The Balaban J connectivity index is 1.14. The number of ketones is 1. The number of fused-ring (bicyclic) bond motifs is 5. The van der Waals surface area contributed by atoms with Crippen LogP contribution in [0.15, 0.2) is 11.6 Å². The van der Waals surface area contributed by atoms with Crippen LogP contribution < -0.4 is 0 Å². The second kappa shape index (κ2) is 18.8. The van der Waals surface area contributed by atoms with E-state index in [0.29, 0.717) is 25.7 Å². The smallest absolute Gasteiger partial charge is 0.187 e. The van der Waals surface area contributed by atoms with Crippen LogP contribution in [0, 0.1) is 45.3 Å². The number of aliphatic hydroxyl groups is 11. The van der Waals surface area contributed by atoms with Crippen LogP contribution in [0.4, 0.5) is 0 Å². The number of ether oxygens (including phenoxy) is 6. The third-order valence-corrected chi connectivity index (χ3v) is 17.9. The molecule has 4 aliphatic carbocycles. The fourth-order valence-corrected chi connectivity index (χ4v) is 14.3. The fraction of sp³-hybridized carbons (Fsp3) is 0.936. The molecule has 7 rings (SSSR count). The highest BCUT2D eigenvalue weighted by molar-refractivity contribution is 5.85. The summed E-state index contributed by atoms with van der Waals surface area (Å²) in [6.07, 6.45) is -17.5. The fourth-order valence-electron chi connectivity index (χ4n) is 14.3. The van der Waals surface area contributed by atoms with E-state index in [9.17, 15) is 56.2 Å².